The standard InChI is InChI=1S/CO2.Cs.H/c2-1-3;;. The van der Waals surface area contributed by atoms with Gasteiger partial charge in [-0.15, -0.1) is 0 Å². The zero-order valence-electron chi connectivity index (χ0n) is 1.32. The van der Waals surface area contributed by atoms with Gasteiger partial charge in [-0.1, -0.05) is 0 Å². The topological polar surface area (TPSA) is 34.1 Å². The minimum atomic E-state index is 0. The predicted molar refractivity (Wildman–Crippen MR) is 12.2 cm³/mol. The van der Waals surface area contributed by atoms with E-state index < -0.39 is 0 Å². The van der Waals surface area contributed by atoms with Crippen molar-refractivity contribution in [2.24, 2.45) is 0 Å². The molecule has 0 fully saturated rings. The van der Waals surface area contributed by atoms with Crippen LogP contribution in [0.25, 0.3) is 0 Å². The zero-order chi connectivity index (χ0) is 2.71. The van der Waals surface area contributed by atoms with Crippen molar-refractivity contribution in [2.75, 3.05) is 0 Å². The molecule has 0 aromatic heterocycles. The van der Waals surface area contributed by atoms with Gasteiger partial charge in [-0.2, -0.15) is 9.59 Å². The van der Waals surface area contributed by atoms with Gasteiger partial charge in [-0.3, -0.25) is 0 Å². The molecular formula is CHCsO2. The fourth-order valence-electron chi connectivity index (χ4n) is 0. The Morgan fingerprint density at radius 1 is 1.25 bits per heavy atom. The molecule has 0 saturated heterocycles. The average molecular weight is 178 g/mol. The van der Waals surface area contributed by atoms with E-state index in [1.807, 2.05) is 0 Å². The van der Waals surface area contributed by atoms with Crippen LogP contribution in [0.4, 0.5) is 0 Å². The van der Waals surface area contributed by atoms with Crippen LogP contribution in [-0.4, -0.2) is 75.0 Å². The monoisotopic (exact) mass is 178 g/mol. The van der Waals surface area contributed by atoms with Crippen molar-refractivity contribution < 1.29 is 9.59 Å². The van der Waals surface area contributed by atoms with Gasteiger partial charge in [0, 0.05) is 0 Å². The van der Waals surface area contributed by atoms with E-state index in [1.165, 1.54) is 0 Å². The molecule has 0 spiro atoms. The zero-order valence-corrected chi connectivity index (χ0v) is 1.32. The summed E-state index contributed by atoms with van der Waals surface area (Å²) in [5.41, 5.74) is 0. The number of hydrogen-bond acceptors (Lipinski definition) is 2. The van der Waals surface area contributed by atoms with Gasteiger partial charge < -0.3 is 0 Å². The fraction of sp³-hybridized carbons (Fsp3) is 0. The molecule has 3 heteroatoms. The van der Waals surface area contributed by atoms with Crippen molar-refractivity contribution in [3.8, 4) is 0 Å². The molecule has 0 aliphatic rings. The van der Waals surface area contributed by atoms with E-state index in [9.17, 15) is 0 Å². The molecule has 0 radical (unpaired) electrons. The summed E-state index contributed by atoms with van der Waals surface area (Å²) < 4.78 is 0. The van der Waals surface area contributed by atoms with Crippen molar-refractivity contribution in [2.45, 2.75) is 0 Å². The summed E-state index contributed by atoms with van der Waals surface area (Å²) in [6.07, 6.45) is 0.250. The van der Waals surface area contributed by atoms with Crippen molar-refractivity contribution in [1.82, 2.24) is 0 Å². The fourth-order valence-corrected chi connectivity index (χ4v) is 0. The molecular weight excluding hydrogens is 177 g/mol. The Hall–Kier alpha value is 1.43. The molecule has 0 amide bonds. The normalized spacial score (nSPS) is 2.00. The molecule has 0 atom stereocenters. The van der Waals surface area contributed by atoms with Crippen LogP contribution in [0, 0.1) is 0 Å². The molecule has 0 aliphatic heterocycles. The van der Waals surface area contributed by atoms with Gasteiger partial charge in [0.25, 0.3) is 0 Å². The molecule has 18 valence electrons. The van der Waals surface area contributed by atoms with Crippen LogP contribution in [0.1, 0.15) is 0 Å². The van der Waals surface area contributed by atoms with Crippen LogP contribution in [0.3, 0.4) is 0 Å². The Labute approximate surface area is 82.4 Å². The molecule has 0 bridgehead atoms. The SMILES string of the molecule is O=C=O.[CsH]. The van der Waals surface area contributed by atoms with E-state index in [-0.39, 0.29) is 75.0 Å². The third-order valence-corrected chi connectivity index (χ3v) is 0. The van der Waals surface area contributed by atoms with Crippen molar-refractivity contribution in [3.05, 3.63) is 0 Å². The molecule has 0 unspecified atom stereocenters. The van der Waals surface area contributed by atoms with Crippen LogP contribution < -0.4 is 0 Å². The van der Waals surface area contributed by atoms with Gasteiger partial charge >= 0.3 is 75.0 Å². The molecule has 0 aromatic carbocycles. The molecule has 4 heavy (non-hydrogen) atoms. The predicted octanol–water partition coefficient (Wildman–Crippen LogP) is -1.23. The van der Waals surface area contributed by atoms with E-state index in [1.54, 1.807) is 0 Å². The van der Waals surface area contributed by atoms with Crippen LogP contribution in [0.15, 0.2) is 0 Å². The van der Waals surface area contributed by atoms with Gasteiger partial charge in [0.15, 0.2) is 0 Å². The number of carbonyl (C=O) groups excluding carboxylic acids is 2. The molecule has 0 rings (SSSR count). The molecule has 2 nitrogen and oxygen atoms in total. The van der Waals surface area contributed by atoms with Crippen molar-refractivity contribution in [1.29, 1.82) is 0 Å². The summed E-state index contributed by atoms with van der Waals surface area (Å²) >= 11 is 0. The summed E-state index contributed by atoms with van der Waals surface area (Å²) in [7, 11) is 0. The Morgan fingerprint density at radius 3 is 1.25 bits per heavy atom. The quantitative estimate of drug-likeness (QED) is 0.465. The first kappa shape index (κ1) is 9.06. The van der Waals surface area contributed by atoms with Crippen LogP contribution in [0.5, 0.6) is 0 Å². The van der Waals surface area contributed by atoms with Crippen LogP contribution in [0.2, 0.25) is 0 Å². The first-order valence-corrected chi connectivity index (χ1v) is 0.408. The first-order chi connectivity index (χ1) is 1.41. The average Bonchev–Trinajstić information content (AvgIpc) is 0.918. The van der Waals surface area contributed by atoms with Crippen LogP contribution >= 0.6 is 0 Å². The molecule has 0 heterocycles. The molecule has 0 N–H and O–H groups in total. The Kier molecular flexibility index (Phi) is 20.0. The van der Waals surface area contributed by atoms with Gasteiger partial charge in [-0.25, -0.2) is 0 Å². The van der Waals surface area contributed by atoms with Gasteiger partial charge in [0.1, 0.15) is 0 Å². The van der Waals surface area contributed by atoms with Gasteiger partial charge in [0.2, 0.25) is 0 Å². The first-order valence-electron chi connectivity index (χ1n) is 0.408. The van der Waals surface area contributed by atoms with E-state index >= 15 is 0 Å². The van der Waals surface area contributed by atoms with Crippen LogP contribution in [-0.2, 0) is 9.59 Å². The Morgan fingerprint density at radius 2 is 1.25 bits per heavy atom. The second kappa shape index (κ2) is 8.83. The Bertz CT molecular complexity index is 27.0. The second-order valence-corrected chi connectivity index (χ2v) is 0.0833. The summed E-state index contributed by atoms with van der Waals surface area (Å²) in [4.78, 5) is 16.2. The van der Waals surface area contributed by atoms with E-state index in [2.05, 4.69) is 0 Å². The summed E-state index contributed by atoms with van der Waals surface area (Å²) in [6, 6.07) is 0. The Balaban J connectivity index is 0. The van der Waals surface area contributed by atoms with Gasteiger partial charge in [-0.05, 0) is 0 Å². The van der Waals surface area contributed by atoms with E-state index in [0.29, 0.717) is 0 Å². The van der Waals surface area contributed by atoms with Crippen molar-refractivity contribution in [3.63, 3.8) is 0 Å². The maximum atomic E-state index is 8.12. The summed E-state index contributed by atoms with van der Waals surface area (Å²) in [5.74, 6) is 0. The molecule has 0 aromatic rings. The molecule has 0 aliphatic carbocycles. The van der Waals surface area contributed by atoms with E-state index in [0.717, 1.165) is 0 Å². The van der Waals surface area contributed by atoms with Crippen molar-refractivity contribution >= 4 is 75.0 Å². The second-order valence-electron chi connectivity index (χ2n) is 0.0833. The number of rotatable bonds is 0. The number of hydrogen-bond donors (Lipinski definition) is 0. The third kappa shape index (κ3) is 9.90. The van der Waals surface area contributed by atoms with Gasteiger partial charge in [0.05, 0.1) is 0 Å². The third-order valence-electron chi connectivity index (χ3n) is 0. The summed E-state index contributed by atoms with van der Waals surface area (Å²) in [5, 5.41) is 0. The molecule has 0 saturated carbocycles. The summed E-state index contributed by atoms with van der Waals surface area (Å²) in [6.45, 7) is 0. The van der Waals surface area contributed by atoms with E-state index in [4.69, 9.17) is 9.59 Å². The minimum absolute atomic E-state index is 0. The maximum absolute atomic E-state index is 8.12.